The summed E-state index contributed by atoms with van der Waals surface area (Å²) in [5.74, 6) is 0.190. The van der Waals surface area contributed by atoms with E-state index in [9.17, 15) is 8.78 Å². The summed E-state index contributed by atoms with van der Waals surface area (Å²) in [6.07, 6.45) is 2.45. The van der Waals surface area contributed by atoms with Crippen LogP contribution in [0.15, 0.2) is 18.2 Å². The fraction of sp³-hybridized carbons (Fsp3) is 0.538. The van der Waals surface area contributed by atoms with Crippen LogP contribution in [0, 0.1) is 0 Å². The molecule has 0 radical (unpaired) electrons. The molecule has 1 aliphatic carbocycles. The number of hydrogen-bond acceptors (Lipinski definition) is 3. The lowest BCUT2D eigenvalue weighted by molar-refractivity contribution is -0.286. The van der Waals surface area contributed by atoms with Gasteiger partial charge >= 0.3 is 6.29 Å². The van der Waals surface area contributed by atoms with Crippen LogP contribution in [0.25, 0.3) is 0 Å². The fourth-order valence-electron chi connectivity index (χ4n) is 2.52. The molecule has 98 valence electrons. The van der Waals surface area contributed by atoms with Crippen molar-refractivity contribution >= 4 is 5.69 Å². The van der Waals surface area contributed by atoms with Gasteiger partial charge in [0.2, 0.25) is 0 Å². The van der Waals surface area contributed by atoms with Crippen molar-refractivity contribution in [2.45, 2.75) is 44.4 Å². The summed E-state index contributed by atoms with van der Waals surface area (Å²) in [4.78, 5) is 0. The molecule has 1 saturated carbocycles. The monoisotopic (exact) mass is 255 g/mol. The molecule has 0 spiro atoms. The lowest BCUT2D eigenvalue weighted by atomic mass is 9.95. The van der Waals surface area contributed by atoms with E-state index in [1.54, 1.807) is 12.1 Å². The number of rotatable bonds is 2. The second-order valence-electron chi connectivity index (χ2n) is 4.81. The Bertz CT molecular complexity index is 445. The van der Waals surface area contributed by atoms with E-state index in [-0.39, 0.29) is 11.5 Å². The molecule has 1 aromatic carbocycles. The summed E-state index contributed by atoms with van der Waals surface area (Å²) in [5, 5.41) is 3.36. The Kier molecular flexibility index (Phi) is 2.76. The van der Waals surface area contributed by atoms with Crippen LogP contribution in [0.3, 0.4) is 0 Å². The first kappa shape index (κ1) is 11.6. The zero-order valence-corrected chi connectivity index (χ0v) is 9.92. The van der Waals surface area contributed by atoms with Gasteiger partial charge in [0, 0.05) is 17.8 Å². The summed E-state index contributed by atoms with van der Waals surface area (Å²) in [5.41, 5.74) is 0.807. The highest BCUT2D eigenvalue weighted by Gasteiger charge is 2.43. The molecule has 1 aliphatic heterocycles. The van der Waals surface area contributed by atoms with E-state index < -0.39 is 6.29 Å². The van der Waals surface area contributed by atoms with Crippen molar-refractivity contribution in [1.29, 1.82) is 0 Å². The van der Waals surface area contributed by atoms with Crippen LogP contribution in [-0.2, 0) is 0 Å². The standard InChI is InChI=1S/C13H15F2NO2/c14-13(15)17-11-7-6-10(8-12(11)18-13)16-9-4-2-1-3-5-9/h6-9,16H,1-5H2. The first-order valence-electron chi connectivity index (χ1n) is 6.29. The molecule has 1 heterocycles. The molecule has 0 unspecified atom stereocenters. The highest BCUT2D eigenvalue weighted by atomic mass is 19.3. The van der Waals surface area contributed by atoms with E-state index in [4.69, 9.17) is 0 Å². The van der Waals surface area contributed by atoms with Gasteiger partial charge in [-0.05, 0) is 25.0 Å². The number of benzene rings is 1. The minimum absolute atomic E-state index is 0.0918. The summed E-state index contributed by atoms with van der Waals surface area (Å²) < 4.78 is 34.5. The largest absolute Gasteiger partial charge is 0.586 e. The van der Waals surface area contributed by atoms with Crippen molar-refractivity contribution in [3.63, 3.8) is 0 Å². The van der Waals surface area contributed by atoms with Gasteiger partial charge in [-0.25, -0.2) is 0 Å². The van der Waals surface area contributed by atoms with Gasteiger partial charge in [-0.3, -0.25) is 0 Å². The van der Waals surface area contributed by atoms with Crippen molar-refractivity contribution in [3.05, 3.63) is 18.2 Å². The third-order valence-corrected chi connectivity index (χ3v) is 3.38. The molecule has 18 heavy (non-hydrogen) atoms. The van der Waals surface area contributed by atoms with Crippen LogP contribution in [0.2, 0.25) is 0 Å². The van der Waals surface area contributed by atoms with Crippen LogP contribution < -0.4 is 14.8 Å². The van der Waals surface area contributed by atoms with Crippen molar-refractivity contribution in [1.82, 2.24) is 0 Å². The Labute approximate surface area is 104 Å². The molecule has 0 aromatic heterocycles. The molecule has 1 aromatic rings. The predicted molar refractivity (Wildman–Crippen MR) is 63.1 cm³/mol. The molecular formula is C13H15F2NO2. The molecule has 5 heteroatoms. The van der Waals surface area contributed by atoms with E-state index in [1.165, 1.54) is 25.3 Å². The first-order chi connectivity index (χ1) is 8.62. The minimum Gasteiger partial charge on any atom is -0.395 e. The van der Waals surface area contributed by atoms with Gasteiger partial charge in [0.05, 0.1) is 0 Å². The summed E-state index contributed by atoms with van der Waals surface area (Å²) >= 11 is 0. The smallest absolute Gasteiger partial charge is 0.395 e. The van der Waals surface area contributed by atoms with Crippen LogP contribution in [0.1, 0.15) is 32.1 Å². The average Bonchev–Trinajstić information content (AvgIpc) is 2.63. The first-order valence-corrected chi connectivity index (χ1v) is 6.29. The summed E-state index contributed by atoms with van der Waals surface area (Å²) in [7, 11) is 0. The topological polar surface area (TPSA) is 30.5 Å². The van der Waals surface area contributed by atoms with Gasteiger partial charge in [0.1, 0.15) is 0 Å². The van der Waals surface area contributed by atoms with Crippen molar-refractivity contribution in [3.8, 4) is 11.5 Å². The van der Waals surface area contributed by atoms with Gasteiger partial charge < -0.3 is 14.8 Å². The lowest BCUT2D eigenvalue weighted by Crippen LogP contribution is -2.26. The van der Waals surface area contributed by atoms with E-state index in [0.29, 0.717) is 6.04 Å². The molecule has 0 atom stereocenters. The van der Waals surface area contributed by atoms with Crippen molar-refractivity contribution in [2.24, 2.45) is 0 Å². The van der Waals surface area contributed by atoms with E-state index in [2.05, 4.69) is 14.8 Å². The molecule has 3 nitrogen and oxygen atoms in total. The Morgan fingerprint density at radius 3 is 2.56 bits per heavy atom. The predicted octanol–water partition coefficient (Wildman–Crippen LogP) is 3.75. The van der Waals surface area contributed by atoms with Gasteiger partial charge in [-0.1, -0.05) is 19.3 Å². The van der Waals surface area contributed by atoms with Gasteiger partial charge in [0.15, 0.2) is 11.5 Å². The van der Waals surface area contributed by atoms with Gasteiger partial charge in [-0.15, -0.1) is 8.78 Å². The maximum atomic E-state index is 12.9. The van der Waals surface area contributed by atoms with Crippen LogP contribution in [0.5, 0.6) is 11.5 Å². The van der Waals surface area contributed by atoms with Crippen molar-refractivity contribution < 1.29 is 18.3 Å². The minimum atomic E-state index is -3.54. The van der Waals surface area contributed by atoms with E-state index in [1.807, 2.05) is 0 Å². The van der Waals surface area contributed by atoms with E-state index in [0.717, 1.165) is 18.5 Å². The molecule has 0 bridgehead atoms. The molecule has 1 N–H and O–H groups in total. The quantitative estimate of drug-likeness (QED) is 0.873. The number of ether oxygens (including phenoxy) is 2. The molecular weight excluding hydrogens is 240 g/mol. The van der Waals surface area contributed by atoms with Gasteiger partial charge in [-0.2, -0.15) is 0 Å². The fourth-order valence-corrected chi connectivity index (χ4v) is 2.52. The number of hydrogen-bond donors (Lipinski definition) is 1. The molecule has 0 amide bonds. The number of alkyl halides is 2. The second kappa shape index (κ2) is 4.30. The molecule has 0 saturated heterocycles. The Morgan fingerprint density at radius 1 is 1.06 bits per heavy atom. The second-order valence-corrected chi connectivity index (χ2v) is 4.81. The Balaban J connectivity index is 1.71. The normalized spacial score (nSPS) is 21.9. The van der Waals surface area contributed by atoms with Crippen LogP contribution >= 0.6 is 0 Å². The number of halogens is 2. The zero-order chi connectivity index (χ0) is 12.6. The summed E-state index contributed by atoms with van der Waals surface area (Å²) in [6.45, 7) is 0. The zero-order valence-electron chi connectivity index (χ0n) is 9.92. The number of nitrogens with one attached hydrogen (secondary N) is 1. The lowest BCUT2D eigenvalue weighted by Gasteiger charge is -2.23. The molecule has 1 fully saturated rings. The average molecular weight is 255 g/mol. The molecule has 3 rings (SSSR count). The third-order valence-electron chi connectivity index (χ3n) is 3.38. The maximum absolute atomic E-state index is 12.9. The number of anilines is 1. The number of fused-ring (bicyclic) bond motifs is 1. The third kappa shape index (κ3) is 2.35. The van der Waals surface area contributed by atoms with Crippen molar-refractivity contribution in [2.75, 3.05) is 5.32 Å². The van der Waals surface area contributed by atoms with Crippen LogP contribution in [-0.4, -0.2) is 12.3 Å². The Hall–Kier alpha value is -1.52. The van der Waals surface area contributed by atoms with E-state index >= 15 is 0 Å². The molecule has 2 aliphatic rings. The van der Waals surface area contributed by atoms with Crippen LogP contribution in [0.4, 0.5) is 14.5 Å². The Morgan fingerprint density at radius 2 is 1.78 bits per heavy atom. The summed E-state index contributed by atoms with van der Waals surface area (Å²) in [6, 6.07) is 5.27. The van der Waals surface area contributed by atoms with Gasteiger partial charge in [0.25, 0.3) is 0 Å². The highest BCUT2D eigenvalue weighted by molar-refractivity contribution is 5.56. The highest BCUT2D eigenvalue weighted by Crippen LogP contribution is 2.42. The maximum Gasteiger partial charge on any atom is 0.586 e. The SMILES string of the molecule is FC1(F)Oc2ccc(NC3CCCCC3)cc2O1.